The molecule has 1 heterocycles. The Kier molecular flexibility index (Phi) is 3.73. The lowest BCUT2D eigenvalue weighted by Crippen LogP contribution is -2.33. The molecule has 17 heavy (non-hydrogen) atoms. The van der Waals surface area contributed by atoms with Crippen LogP contribution in [0, 0.1) is 0 Å². The van der Waals surface area contributed by atoms with Crippen molar-refractivity contribution in [2.45, 2.75) is 44.6 Å². The normalized spacial score (nSPS) is 16.8. The number of nitrogens with zero attached hydrogens (tertiary/aromatic N) is 2. The van der Waals surface area contributed by atoms with Crippen LogP contribution in [0.2, 0.25) is 0 Å². The second kappa shape index (κ2) is 5.27. The zero-order chi connectivity index (χ0) is 12.3. The number of aromatic nitrogens is 3. The summed E-state index contributed by atoms with van der Waals surface area (Å²) in [7, 11) is 0. The number of hydrogen-bond acceptors (Lipinski definition) is 4. The van der Waals surface area contributed by atoms with Gasteiger partial charge in [-0.05, 0) is 32.6 Å². The molecule has 0 saturated heterocycles. The molecule has 1 fully saturated rings. The molecule has 0 bridgehead atoms. The van der Waals surface area contributed by atoms with Gasteiger partial charge in [-0.25, -0.2) is 4.98 Å². The molecule has 0 aliphatic heterocycles. The molecule has 6 heteroatoms. The minimum atomic E-state index is -0.251. The van der Waals surface area contributed by atoms with Crippen molar-refractivity contribution in [2.75, 3.05) is 6.61 Å². The summed E-state index contributed by atoms with van der Waals surface area (Å²) in [6, 6.07) is 0.0255. The molecular formula is C11H18N4O2. The van der Waals surface area contributed by atoms with Crippen LogP contribution in [0.4, 0.5) is 0 Å². The Labute approximate surface area is 99.8 Å². The Hall–Kier alpha value is -1.43. The molecule has 1 saturated carbocycles. The van der Waals surface area contributed by atoms with Crippen molar-refractivity contribution in [1.82, 2.24) is 20.5 Å². The van der Waals surface area contributed by atoms with Crippen molar-refractivity contribution >= 4 is 5.91 Å². The Bertz CT molecular complexity index is 387. The predicted octanol–water partition coefficient (Wildman–Crippen LogP) is 0.573. The lowest BCUT2D eigenvalue weighted by atomic mass is 10.2. The fraction of sp³-hybridized carbons (Fsp3) is 0.727. The van der Waals surface area contributed by atoms with E-state index < -0.39 is 0 Å². The van der Waals surface area contributed by atoms with E-state index in [1.807, 2.05) is 6.92 Å². The van der Waals surface area contributed by atoms with Gasteiger partial charge in [0, 0.05) is 18.6 Å². The van der Waals surface area contributed by atoms with Crippen LogP contribution in [0.3, 0.4) is 0 Å². The van der Waals surface area contributed by atoms with Gasteiger partial charge in [-0.2, -0.15) is 0 Å². The molecule has 1 aliphatic rings. The smallest absolute Gasteiger partial charge is 0.291 e. The van der Waals surface area contributed by atoms with Crippen LogP contribution in [0.15, 0.2) is 0 Å². The van der Waals surface area contributed by atoms with Gasteiger partial charge in [0.25, 0.3) is 5.91 Å². The zero-order valence-electron chi connectivity index (χ0n) is 9.94. The van der Waals surface area contributed by atoms with E-state index in [1.54, 1.807) is 0 Å². The van der Waals surface area contributed by atoms with E-state index in [0.717, 1.165) is 25.1 Å². The Morgan fingerprint density at radius 2 is 2.41 bits per heavy atom. The van der Waals surface area contributed by atoms with Gasteiger partial charge in [0.2, 0.25) is 5.82 Å². The van der Waals surface area contributed by atoms with Gasteiger partial charge in [-0.15, -0.1) is 5.10 Å². The summed E-state index contributed by atoms with van der Waals surface area (Å²) in [6.45, 7) is 2.05. The molecule has 6 nitrogen and oxygen atoms in total. The van der Waals surface area contributed by atoms with Crippen molar-refractivity contribution in [3.63, 3.8) is 0 Å². The molecule has 1 aromatic heterocycles. The first-order valence-electron chi connectivity index (χ1n) is 6.04. The van der Waals surface area contributed by atoms with Crippen molar-refractivity contribution < 1.29 is 9.90 Å². The van der Waals surface area contributed by atoms with Crippen LogP contribution in [-0.2, 0) is 0 Å². The van der Waals surface area contributed by atoms with E-state index in [0.29, 0.717) is 12.3 Å². The van der Waals surface area contributed by atoms with Crippen LogP contribution in [0.1, 0.15) is 55.0 Å². The third-order valence-corrected chi connectivity index (χ3v) is 2.84. The molecule has 0 spiro atoms. The summed E-state index contributed by atoms with van der Waals surface area (Å²) in [5.41, 5.74) is 0. The first-order chi connectivity index (χ1) is 8.20. The van der Waals surface area contributed by atoms with Crippen LogP contribution >= 0.6 is 0 Å². The summed E-state index contributed by atoms with van der Waals surface area (Å²) in [5.74, 6) is 1.25. The van der Waals surface area contributed by atoms with Crippen molar-refractivity contribution in [3.8, 4) is 0 Å². The minimum absolute atomic E-state index is 0.0255. The number of amides is 1. The number of carbonyl (C=O) groups is 1. The number of H-pyrrole nitrogens is 1. The van der Waals surface area contributed by atoms with Crippen molar-refractivity contribution in [2.24, 2.45) is 0 Å². The molecule has 1 aromatic rings. The van der Waals surface area contributed by atoms with E-state index in [-0.39, 0.29) is 24.4 Å². The fourth-order valence-corrected chi connectivity index (χ4v) is 1.67. The average Bonchev–Trinajstić information content (AvgIpc) is 3.04. The average molecular weight is 238 g/mol. The molecule has 0 aromatic carbocycles. The Balaban J connectivity index is 1.85. The Morgan fingerprint density at radius 3 is 3.06 bits per heavy atom. The van der Waals surface area contributed by atoms with Gasteiger partial charge < -0.3 is 10.4 Å². The molecule has 1 amide bonds. The number of aliphatic hydroxyl groups is 1. The van der Waals surface area contributed by atoms with E-state index in [9.17, 15) is 4.79 Å². The largest absolute Gasteiger partial charge is 0.396 e. The number of aliphatic hydroxyl groups excluding tert-OH is 1. The van der Waals surface area contributed by atoms with Crippen LogP contribution in [0.5, 0.6) is 0 Å². The quantitative estimate of drug-likeness (QED) is 0.676. The zero-order valence-corrected chi connectivity index (χ0v) is 9.94. The van der Waals surface area contributed by atoms with E-state index in [1.165, 1.54) is 0 Å². The number of rotatable bonds is 6. The minimum Gasteiger partial charge on any atom is -0.396 e. The topological polar surface area (TPSA) is 90.9 Å². The number of aromatic amines is 1. The first kappa shape index (κ1) is 12.0. The van der Waals surface area contributed by atoms with Crippen molar-refractivity contribution in [3.05, 3.63) is 11.6 Å². The van der Waals surface area contributed by atoms with E-state index in [2.05, 4.69) is 20.5 Å². The van der Waals surface area contributed by atoms with Gasteiger partial charge in [0.1, 0.15) is 5.82 Å². The van der Waals surface area contributed by atoms with Gasteiger partial charge in [-0.1, -0.05) is 0 Å². The highest BCUT2D eigenvalue weighted by atomic mass is 16.3. The summed E-state index contributed by atoms with van der Waals surface area (Å²) < 4.78 is 0. The molecule has 3 N–H and O–H groups in total. The maximum absolute atomic E-state index is 11.8. The molecule has 0 radical (unpaired) electrons. The molecule has 94 valence electrons. The van der Waals surface area contributed by atoms with Crippen LogP contribution < -0.4 is 5.32 Å². The molecule has 2 rings (SSSR count). The first-order valence-corrected chi connectivity index (χ1v) is 6.04. The summed E-state index contributed by atoms with van der Waals surface area (Å²) in [5, 5.41) is 18.2. The highest BCUT2D eigenvalue weighted by Crippen LogP contribution is 2.37. The summed E-state index contributed by atoms with van der Waals surface area (Å²) in [4.78, 5) is 15.9. The van der Waals surface area contributed by atoms with Crippen LogP contribution in [-0.4, -0.2) is 38.8 Å². The van der Waals surface area contributed by atoms with Gasteiger partial charge in [0.05, 0.1) is 0 Å². The standard InChI is InChI=1S/C11H18N4O2/c1-7(3-2-6-16)12-11(17)10-13-9(14-15-10)8-4-5-8/h7-8,16H,2-6H2,1H3,(H,12,17)(H,13,14,15). The van der Waals surface area contributed by atoms with Gasteiger partial charge >= 0.3 is 0 Å². The number of hydrogen-bond donors (Lipinski definition) is 3. The maximum Gasteiger partial charge on any atom is 0.291 e. The fourth-order valence-electron chi connectivity index (χ4n) is 1.67. The summed E-state index contributed by atoms with van der Waals surface area (Å²) >= 11 is 0. The monoisotopic (exact) mass is 238 g/mol. The summed E-state index contributed by atoms with van der Waals surface area (Å²) in [6.07, 6.45) is 3.69. The van der Waals surface area contributed by atoms with Crippen molar-refractivity contribution in [1.29, 1.82) is 0 Å². The number of nitrogens with one attached hydrogen (secondary N) is 2. The predicted molar refractivity (Wildman–Crippen MR) is 61.6 cm³/mol. The second-order valence-electron chi connectivity index (χ2n) is 4.56. The van der Waals surface area contributed by atoms with E-state index in [4.69, 9.17) is 5.11 Å². The molecule has 1 aliphatic carbocycles. The molecule has 1 unspecified atom stereocenters. The highest BCUT2D eigenvalue weighted by molar-refractivity contribution is 5.90. The Morgan fingerprint density at radius 1 is 1.65 bits per heavy atom. The van der Waals surface area contributed by atoms with Crippen LogP contribution in [0.25, 0.3) is 0 Å². The maximum atomic E-state index is 11.8. The molecular weight excluding hydrogens is 220 g/mol. The highest BCUT2D eigenvalue weighted by Gasteiger charge is 2.28. The van der Waals surface area contributed by atoms with Gasteiger partial charge in [-0.3, -0.25) is 9.89 Å². The lowest BCUT2D eigenvalue weighted by Gasteiger charge is -2.11. The third kappa shape index (κ3) is 3.26. The lowest BCUT2D eigenvalue weighted by molar-refractivity contribution is 0.0926. The second-order valence-corrected chi connectivity index (χ2v) is 4.56. The van der Waals surface area contributed by atoms with Gasteiger partial charge in [0.15, 0.2) is 0 Å². The SMILES string of the molecule is CC(CCCO)NC(=O)c1n[nH]c(C2CC2)n1. The molecule has 1 atom stereocenters. The van der Waals surface area contributed by atoms with E-state index >= 15 is 0 Å². The number of carbonyl (C=O) groups excluding carboxylic acids is 1. The third-order valence-electron chi connectivity index (χ3n) is 2.84.